The van der Waals surface area contributed by atoms with Gasteiger partial charge in [-0.1, -0.05) is 18.2 Å². The minimum Gasteiger partial charge on any atom is -0.369 e. The van der Waals surface area contributed by atoms with E-state index in [1.807, 2.05) is 0 Å². The van der Waals surface area contributed by atoms with Crippen LogP contribution in [0.4, 0.5) is 4.39 Å². The van der Waals surface area contributed by atoms with Crippen LogP contribution in [0.5, 0.6) is 0 Å². The van der Waals surface area contributed by atoms with E-state index in [0.29, 0.717) is 18.7 Å². The van der Waals surface area contributed by atoms with Gasteiger partial charge in [0.15, 0.2) is 6.54 Å². The fourth-order valence-electron chi connectivity index (χ4n) is 3.46. The van der Waals surface area contributed by atoms with Crippen molar-refractivity contribution in [2.24, 2.45) is 11.7 Å². The zero-order valence-electron chi connectivity index (χ0n) is 13.5. The molecule has 2 saturated heterocycles. The van der Waals surface area contributed by atoms with Crippen LogP contribution in [0.25, 0.3) is 0 Å². The number of nitrogens with two attached hydrogens (primary N) is 1. The number of likely N-dealkylation sites (tertiary alicyclic amines) is 1. The topological polar surface area (TPSA) is 67.8 Å². The molecule has 1 aromatic rings. The summed E-state index contributed by atoms with van der Waals surface area (Å²) in [6.07, 6.45) is 1.48. The van der Waals surface area contributed by atoms with Crippen LogP contribution in [0.15, 0.2) is 24.3 Å². The molecule has 0 unspecified atom stereocenters. The second-order valence-corrected chi connectivity index (χ2v) is 7.62. The minimum atomic E-state index is -0.260. The van der Waals surface area contributed by atoms with Crippen molar-refractivity contribution >= 4 is 23.6 Å². The van der Waals surface area contributed by atoms with Crippen LogP contribution in [0.1, 0.15) is 23.8 Å². The molecule has 3 N–H and O–H groups in total. The largest absolute Gasteiger partial charge is 0.369 e. The molecule has 2 aliphatic rings. The van der Waals surface area contributed by atoms with Gasteiger partial charge in [-0.3, -0.25) is 9.59 Å². The molecule has 0 radical (unpaired) electrons. The van der Waals surface area contributed by atoms with E-state index in [-0.39, 0.29) is 28.9 Å². The molecule has 0 saturated carbocycles. The number of hydrogen-bond acceptors (Lipinski definition) is 3. The highest BCUT2D eigenvalue weighted by Crippen LogP contribution is 2.38. The number of hydrogen-bond donors (Lipinski definition) is 2. The van der Waals surface area contributed by atoms with Crippen LogP contribution in [-0.4, -0.2) is 48.6 Å². The van der Waals surface area contributed by atoms with Gasteiger partial charge >= 0.3 is 0 Å². The SMILES string of the molecule is NC(=O)C1CC[NH+](CC(=O)N2CCS[C@@H]2c2ccccc2F)CC1. The van der Waals surface area contributed by atoms with Crippen molar-refractivity contribution in [3.8, 4) is 0 Å². The molecule has 130 valence electrons. The molecule has 24 heavy (non-hydrogen) atoms. The monoisotopic (exact) mass is 352 g/mol. The Balaban J connectivity index is 1.61. The lowest BCUT2D eigenvalue weighted by Crippen LogP contribution is -3.14. The Morgan fingerprint density at radius 2 is 2.00 bits per heavy atom. The quantitative estimate of drug-likeness (QED) is 0.812. The molecule has 0 aromatic heterocycles. The second-order valence-electron chi connectivity index (χ2n) is 6.44. The summed E-state index contributed by atoms with van der Waals surface area (Å²) in [6.45, 7) is 2.62. The van der Waals surface area contributed by atoms with Gasteiger partial charge in [-0.2, -0.15) is 0 Å². The average Bonchev–Trinajstić information content (AvgIpc) is 3.05. The summed E-state index contributed by atoms with van der Waals surface area (Å²) in [5.41, 5.74) is 5.93. The van der Waals surface area contributed by atoms with Crippen LogP contribution >= 0.6 is 11.8 Å². The summed E-state index contributed by atoms with van der Waals surface area (Å²) in [6, 6.07) is 6.66. The summed E-state index contributed by atoms with van der Waals surface area (Å²) in [4.78, 5) is 26.9. The number of carbonyl (C=O) groups is 2. The highest BCUT2D eigenvalue weighted by molar-refractivity contribution is 7.99. The summed E-state index contributed by atoms with van der Waals surface area (Å²) < 4.78 is 14.1. The Morgan fingerprint density at radius 3 is 2.67 bits per heavy atom. The van der Waals surface area contributed by atoms with E-state index in [1.165, 1.54) is 11.0 Å². The third kappa shape index (κ3) is 3.72. The molecule has 0 spiro atoms. The van der Waals surface area contributed by atoms with Gasteiger partial charge in [-0.05, 0) is 6.07 Å². The number of quaternary nitrogens is 1. The lowest BCUT2D eigenvalue weighted by molar-refractivity contribution is -0.898. The van der Waals surface area contributed by atoms with Gasteiger partial charge < -0.3 is 15.5 Å². The number of piperidine rings is 1. The van der Waals surface area contributed by atoms with E-state index in [0.717, 1.165) is 31.7 Å². The maximum atomic E-state index is 14.1. The first-order valence-corrected chi connectivity index (χ1v) is 9.39. The summed E-state index contributed by atoms with van der Waals surface area (Å²) in [7, 11) is 0. The Hall–Kier alpha value is -1.60. The third-order valence-electron chi connectivity index (χ3n) is 4.88. The number of rotatable bonds is 4. The van der Waals surface area contributed by atoms with Gasteiger partial charge in [-0.15, -0.1) is 11.8 Å². The van der Waals surface area contributed by atoms with E-state index < -0.39 is 0 Å². The molecule has 3 rings (SSSR count). The average molecular weight is 352 g/mol. The molecular weight excluding hydrogens is 329 g/mol. The van der Waals surface area contributed by atoms with Gasteiger partial charge in [0.05, 0.1) is 13.1 Å². The fraction of sp³-hybridized carbons (Fsp3) is 0.529. The zero-order valence-corrected chi connectivity index (χ0v) is 14.4. The predicted octanol–water partition coefficient (Wildman–Crippen LogP) is 0.180. The molecule has 5 nitrogen and oxygen atoms in total. The maximum Gasteiger partial charge on any atom is 0.278 e. The molecule has 2 fully saturated rings. The van der Waals surface area contributed by atoms with Gasteiger partial charge in [0.1, 0.15) is 11.2 Å². The molecule has 2 aliphatic heterocycles. The predicted molar refractivity (Wildman–Crippen MR) is 90.8 cm³/mol. The van der Waals surface area contributed by atoms with E-state index in [2.05, 4.69) is 0 Å². The van der Waals surface area contributed by atoms with Gasteiger partial charge in [0.2, 0.25) is 5.91 Å². The molecule has 0 bridgehead atoms. The number of halogens is 1. The Morgan fingerprint density at radius 1 is 1.29 bits per heavy atom. The number of primary amides is 1. The van der Waals surface area contributed by atoms with Gasteiger partial charge in [-0.25, -0.2) is 4.39 Å². The molecule has 2 heterocycles. The standard InChI is InChI=1S/C17H22FN3O2S/c18-14-4-2-1-3-13(14)17-21(9-10-24-17)15(22)11-20-7-5-12(6-8-20)16(19)23/h1-4,12,17H,5-11H2,(H2,19,23)/p+1/t17-/m1/s1. The first-order valence-electron chi connectivity index (χ1n) is 8.34. The number of carbonyl (C=O) groups excluding carboxylic acids is 2. The molecular formula is C17H23FN3O2S+. The summed E-state index contributed by atoms with van der Waals surface area (Å²) in [5, 5.41) is -0.235. The summed E-state index contributed by atoms with van der Waals surface area (Å²) in [5.74, 6) is 0.322. The van der Waals surface area contributed by atoms with Crippen LogP contribution in [0, 0.1) is 11.7 Å². The smallest absolute Gasteiger partial charge is 0.278 e. The van der Waals surface area contributed by atoms with Crippen molar-refractivity contribution in [3.63, 3.8) is 0 Å². The van der Waals surface area contributed by atoms with Crippen LogP contribution in [0.2, 0.25) is 0 Å². The highest BCUT2D eigenvalue weighted by atomic mass is 32.2. The number of nitrogens with zero attached hydrogens (tertiary/aromatic N) is 1. The second kappa shape index (κ2) is 7.53. The van der Waals surface area contributed by atoms with Crippen molar-refractivity contribution in [1.82, 2.24) is 4.90 Å². The lowest BCUT2D eigenvalue weighted by atomic mass is 9.96. The van der Waals surface area contributed by atoms with Crippen molar-refractivity contribution in [2.75, 3.05) is 31.9 Å². The Kier molecular flexibility index (Phi) is 5.40. The first kappa shape index (κ1) is 17.2. The van der Waals surface area contributed by atoms with Crippen molar-refractivity contribution in [2.45, 2.75) is 18.2 Å². The highest BCUT2D eigenvalue weighted by Gasteiger charge is 2.35. The number of nitrogens with one attached hydrogen (secondary N) is 1. The molecule has 0 aliphatic carbocycles. The maximum absolute atomic E-state index is 14.1. The van der Waals surface area contributed by atoms with E-state index in [1.54, 1.807) is 34.9 Å². The number of benzene rings is 1. The number of amides is 2. The molecule has 2 amide bonds. The fourth-order valence-corrected chi connectivity index (χ4v) is 4.76. The number of thioether (sulfide) groups is 1. The lowest BCUT2D eigenvalue weighted by Gasteiger charge is -2.30. The van der Waals surface area contributed by atoms with Crippen molar-refractivity contribution in [3.05, 3.63) is 35.6 Å². The third-order valence-corrected chi connectivity index (χ3v) is 6.12. The van der Waals surface area contributed by atoms with Gasteiger partial charge in [0.25, 0.3) is 5.91 Å². The summed E-state index contributed by atoms with van der Waals surface area (Å²) >= 11 is 1.61. The van der Waals surface area contributed by atoms with Crippen molar-refractivity contribution < 1.29 is 18.9 Å². The minimum absolute atomic E-state index is 0.0563. The van der Waals surface area contributed by atoms with Crippen LogP contribution < -0.4 is 10.6 Å². The first-order chi connectivity index (χ1) is 11.6. The van der Waals surface area contributed by atoms with Gasteiger partial charge in [0, 0.05) is 36.6 Å². The van der Waals surface area contributed by atoms with Crippen LogP contribution in [-0.2, 0) is 9.59 Å². The van der Waals surface area contributed by atoms with Crippen LogP contribution in [0.3, 0.4) is 0 Å². The molecule has 7 heteroatoms. The van der Waals surface area contributed by atoms with Crippen molar-refractivity contribution in [1.29, 1.82) is 0 Å². The Bertz CT molecular complexity index is 620. The van der Waals surface area contributed by atoms with E-state index >= 15 is 0 Å². The Labute approximate surface area is 145 Å². The molecule has 1 atom stereocenters. The van der Waals surface area contributed by atoms with E-state index in [9.17, 15) is 14.0 Å². The zero-order chi connectivity index (χ0) is 17.1. The normalized spacial score (nSPS) is 27.2. The molecule has 1 aromatic carbocycles. The van der Waals surface area contributed by atoms with E-state index in [4.69, 9.17) is 5.73 Å².